The Bertz CT molecular complexity index is 717. The third-order valence-electron chi connectivity index (χ3n) is 4.66. The molecular weight excluding hydrogens is 547 g/mol. The van der Waals surface area contributed by atoms with Crippen molar-refractivity contribution in [2.45, 2.75) is 20.8 Å². The molecule has 0 atom stereocenters. The first-order valence-electron chi connectivity index (χ1n) is 11.1. The summed E-state index contributed by atoms with van der Waals surface area (Å²) in [5, 5.41) is 4.19. The van der Waals surface area contributed by atoms with Crippen LogP contribution in [0, 0.1) is 6.42 Å². The minimum atomic E-state index is -0.446. The van der Waals surface area contributed by atoms with Crippen molar-refractivity contribution in [3.63, 3.8) is 0 Å². The zero-order valence-corrected chi connectivity index (χ0v) is 24.3. The van der Waals surface area contributed by atoms with Gasteiger partial charge >= 0.3 is 27.0 Å². The van der Waals surface area contributed by atoms with Crippen molar-refractivity contribution in [1.29, 1.82) is 0 Å². The first-order chi connectivity index (χ1) is 16.2. The summed E-state index contributed by atoms with van der Waals surface area (Å²) in [6, 6.07) is 32.3. The van der Waals surface area contributed by atoms with Crippen LogP contribution in [0.3, 0.4) is 0 Å². The van der Waals surface area contributed by atoms with E-state index >= 15 is 0 Å². The minimum Gasteiger partial charge on any atom is -0.0622 e. The number of hydrogen-bond donors (Lipinski definition) is 0. The molecule has 3 aromatic carbocycles. The van der Waals surface area contributed by atoms with Gasteiger partial charge in [-0.1, -0.05) is 124 Å². The van der Waals surface area contributed by atoms with Crippen LogP contribution >= 0.6 is 25.5 Å². The zero-order chi connectivity index (χ0) is 24.7. The molecule has 0 aliphatic rings. The van der Waals surface area contributed by atoms with Gasteiger partial charge in [-0.15, -0.1) is 21.1 Å². The predicted octanol–water partition coefficient (Wildman–Crippen LogP) is 8.22. The van der Waals surface area contributed by atoms with Gasteiger partial charge in [0.1, 0.15) is 0 Å². The van der Waals surface area contributed by atoms with Crippen molar-refractivity contribution >= 4 is 41.4 Å². The van der Waals surface area contributed by atoms with E-state index in [0.717, 1.165) is 0 Å². The first kappa shape index (κ1) is 31.9. The largest absolute Gasteiger partial charge is 0.0622 e. The maximum absolute atomic E-state index is 4.57. The molecule has 178 valence electrons. The molecule has 0 aromatic heterocycles. The molecule has 4 heteroatoms. The van der Waals surface area contributed by atoms with E-state index in [2.05, 4.69) is 135 Å². The normalized spacial score (nSPS) is 9.42. The van der Waals surface area contributed by atoms with E-state index in [-0.39, 0.29) is 0 Å². The van der Waals surface area contributed by atoms with Crippen LogP contribution in [-0.4, -0.2) is 18.5 Å². The van der Waals surface area contributed by atoms with Crippen molar-refractivity contribution in [2.75, 3.05) is 18.5 Å². The Hall–Kier alpha value is -1.09. The zero-order valence-electron chi connectivity index (χ0n) is 20.1. The van der Waals surface area contributed by atoms with Crippen molar-refractivity contribution in [3.05, 3.63) is 123 Å². The molecule has 0 bridgehead atoms. The van der Waals surface area contributed by atoms with Crippen molar-refractivity contribution < 1.29 is 17.3 Å². The minimum absolute atomic E-state index is 0.446. The van der Waals surface area contributed by atoms with Gasteiger partial charge in [0.05, 0.1) is 0 Å². The average molecular weight is 584 g/mol. The van der Waals surface area contributed by atoms with E-state index < -0.39 is 7.92 Å². The molecule has 0 saturated carbocycles. The van der Waals surface area contributed by atoms with Gasteiger partial charge in [-0.3, -0.25) is 0 Å². The van der Waals surface area contributed by atoms with Gasteiger partial charge < -0.3 is 0 Å². The first-order valence-corrected chi connectivity index (χ1v) is 16.6. The predicted molar refractivity (Wildman–Crippen MR) is 154 cm³/mol. The molecule has 0 spiro atoms. The summed E-state index contributed by atoms with van der Waals surface area (Å²) >= 11 is 1.82. The Morgan fingerprint density at radius 2 is 0.879 bits per heavy atom. The Morgan fingerprint density at radius 3 is 1.03 bits per heavy atom. The Morgan fingerprint density at radius 1 is 0.606 bits per heavy atom. The summed E-state index contributed by atoms with van der Waals surface area (Å²) in [4.78, 5) is 0. The van der Waals surface area contributed by atoms with Gasteiger partial charge in [0.25, 0.3) is 0 Å². The Kier molecular flexibility index (Phi) is 21.9. The van der Waals surface area contributed by atoms with Gasteiger partial charge in [-0.25, -0.2) is 0 Å². The second kappa shape index (κ2) is 22.7. The summed E-state index contributed by atoms with van der Waals surface area (Å²) in [7, 11) is 4.57. The van der Waals surface area contributed by atoms with E-state index in [9.17, 15) is 0 Å². The van der Waals surface area contributed by atoms with Crippen LogP contribution in [0.5, 0.6) is 0 Å². The molecule has 0 unspecified atom stereocenters. The third kappa shape index (κ3) is 14.0. The van der Waals surface area contributed by atoms with Crippen LogP contribution in [0.25, 0.3) is 0 Å². The topological polar surface area (TPSA) is 0 Å². The van der Waals surface area contributed by atoms with Crippen LogP contribution in [-0.2, 0) is 17.3 Å². The molecular formula is C29H37ClP2Ru. The Labute approximate surface area is 219 Å². The van der Waals surface area contributed by atoms with Crippen molar-refractivity contribution in [1.82, 2.24) is 0 Å². The van der Waals surface area contributed by atoms with E-state index in [1.54, 1.807) is 18.6 Å². The van der Waals surface area contributed by atoms with Gasteiger partial charge in [0, 0.05) is 6.42 Å². The number of benzene rings is 3. The molecule has 0 N–H and O–H groups in total. The molecule has 3 rings (SSSR count). The van der Waals surface area contributed by atoms with Crippen LogP contribution in [0.4, 0.5) is 0 Å². The van der Waals surface area contributed by atoms with Crippen LogP contribution in [0.2, 0.25) is 0 Å². The summed E-state index contributed by atoms with van der Waals surface area (Å²) in [6.45, 7) is 13.7. The van der Waals surface area contributed by atoms with Gasteiger partial charge in [0.2, 0.25) is 0 Å². The van der Waals surface area contributed by atoms with Crippen molar-refractivity contribution in [2.24, 2.45) is 0 Å². The Balaban J connectivity index is 0.000000610. The maximum atomic E-state index is 4.57. The van der Waals surface area contributed by atoms with E-state index in [1.165, 1.54) is 34.4 Å². The number of hydrogen-bond acceptors (Lipinski definition) is 0. The number of rotatable bonds is 8. The monoisotopic (exact) mass is 584 g/mol. The van der Waals surface area contributed by atoms with Gasteiger partial charge in [-0.2, -0.15) is 0 Å². The fourth-order valence-corrected chi connectivity index (χ4v) is 6.59. The smallest absolute Gasteiger partial charge is 0.0134 e. The molecule has 33 heavy (non-hydrogen) atoms. The molecule has 0 amide bonds. The summed E-state index contributed by atoms with van der Waals surface area (Å²) in [6.07, 6.45) is 9.41. The number of halogens is 1. The van der Waals surface area contributed by atoms with E-state index in [0.29, 0.717) is 7.92 Å². The molecule has 0 saturated heterocycles. The fourth-order valence-electron chi connectivity index (χ4n) is 2.95. The second-order valence-corrected chi connectivity index (χ2v) is 12.1. The van der Waals surface area contributed by atoms with Gasteiger partial charge in [0.15, 0.2) is 0 Å². The van der Waals surface area contributed by atoms with Crippen LogP contribution in [0.15, 0.2) is 116 Å². The SMILES string of the molecule is C=C[CH]C=C.CCP(CC)CC.[Cl][Ru].c1ccc(P(c2ccccc2)c2ccccc2)cc1. The molecule has 0 aliphatic heterocycles. The summed E-state index contributed by atoms with van der Waals surface area (Å²) < 4.78 is 0. The maximum Gasteiger partial charge on any atom is -0.0134 e. The fraction of sp³-hybridized carbons (Fsp3) is 0.207. The van der Waals surface area contributed by atoms with E-state index in [1.807, 2.05) is 17.3 Å². The third-order valence-corrected chi connectivity index (χ3v) is 9.78. The molecule has 0 aliphatic carbocycles. The summed E-state index contributed by atoms with van der Waals surface area (Å²) in [5.74, 6) is 0. The second-order valence-electron chi connectivity index (χ2n) is 6.63. The molecule has 3 aromatic rings. The molecule has 1 radical (unpaired) electrons. The van der Waals surface area contributed by atoms with Gasteiger partial charge in [-0.05, 0) is 42.3 Å². The van der Waals surface area contributed by atoms with Crippen LogP contribution in [0.1, 0.15) is 20.8 Å². The standard InChI is InChI=1S/C18H15P.C6H15P.C5H7.ClH.Ru/c1-4-10-16(11-5-1)19(17-12-6-2-7-13-17)18-14-8-3-9-15-18;1-4-7(5-2)6-3;1-3-5-4-2;;/h1-15H;4-6H2,1-3H3;3-5H,1-2H2;1H;/q;;;;+1/p-1. The average Bonchev–Trinajstić information content (AvgIpc) is 2.90. The molecule has 0 heterocycles. The van der Waals surface area contributed by atoms with Crippen LogP contribution < -0.4 is 15.9 Å². The quantitative estimate of drug-likeness (QED) is 0.185. The van der Waals surface area contributed by atoms with Crippen molar-refractivity contribution in [3.8, 4) is 0 Å². The number of allylic oxidation sites excluding steroid dienone is 2. The molecule has 0 fully saturated rings. The summed E-state index contributed by atoms with van der Waals surface area (Å²) in [5.41, 5.74) is 0. The molecule has 0 nitrogen and oxygen atoms in total. The van der Waals surface area contributed by atoms with E-state index in [4.69, 9.17) is 0 Å².